The molecular weight excluding hydrogens is 474 g/mol. The quantitative estimate of drug-likeness (QED) is 0.302. The van der Waals surface area contributed by atoms with Crippen LogP contribution in [0.15, 0.2) is 91.0 Å². The van der Waals surface area contributed by atoms with Gasteiger partial charge in [-0.25, -0.2) is 4.79 Å². The van der Waals surface area contributed by atoms with Crippen LogP contribution in [0, 0.1) is 0 Å². The minimum Gasteiger partial charge on any atom is -0.507 e. The smallest absolute Gasteiger partial charge is 0.339 e. The molecule has 188 valence electrons. The monoisotopic (exact) mass is 499 g/mol. The SMILES string of the molecule is COc1ccc(CN(C(=O)c2ccc(Oc3ccccc3)cc2)c2ccc(O)c(C(=O)O)c2)cc1OC. The fraction of sp³-hybridized carbons (Fsp3) is 0.103. The number of carboxylic acids is 1. The van der Waals surface area contributed by atoms with Crippen LogP contribution in [0.3, 0.4) is 0 Å². The van der Waals surface area contributed by atoms with Gasteiger partial charge in [0.1, 0.15) is 22.8 Å². The number of nitrogens with zero attached hydrogens (tertiary/aromatic N) is 1. The zero-order valence-electron chi connectivity index (χ0n) is 20.3. The molecule has 8 heteroatoms. The van der Waals surface area contributed by atoms with E-state index >= 15 is 0 Å². The lowest BCUT2D eigenvalue weighted by Gasteiger charge is -2.24. The molecule has 0 atom stereocenters. The number of ether oxygens (including phenoxy) is 3. The van der Waals surface area contributed by atoms with Crippen LogP contribution in [-0.4, -0.2) is 36.3 Å². The summed E-state index contributed by atoms with van der Waals surface area (Å²) in [5.41, 5.74) is 1.08. The Kier molecular flexibility index (Phi) is 7.59. The van der Waals surface area contributed by atoms with E-state index in [2.05, 4.69) is 0 Å². The number of aromatic hydroxyl groups is 1. The Balaban J connectivity index is 1.68. The summed E-state index contributed by atoms with van der Waals surface area (Å²) in [4.78, 5) is 26.7. The molecule has 0 aliphatic rings. The highest BCUT2D eigenvalue weighted by molar-refractivity contribution is 6.06. The number of anilines is 1. The molecule has 0 bridgehead atoms. The first kappa shape index (κ1) is 25.1. The Bertz CT molecular complexity index is 1400. The van der Waals surface area contributed by atoms with Crippen molar-refractivity contribution >= 4 is 17.6 Å². The molecule has 37 heavy (non-hydrogen) atoms. The van der Waals surface area contributed by atoms with Gasteiger partial charge in [0, 0.05) is 11.3 Å². The number of benzene rings is 4. The standard InChI is InChI=1S/C29H25NO7/c1-35-26-15-8-19(16-27(26)36-2)18-30(21-11-14-25(31)24(17-21)29(33)34)28(32)20-9-12-23(13-10-20)37-22-6-4-3-5-7-22/h3-17,31H,18H2,1-2H3,(H,33,34). The van der Waals surface area contributed by atoms with Gasteiger partial charge >= 0.3 is 5.97 Å². The molecule has 0 aliphatic heterocycles. The van der Waals surface area contributed by atoms with Gasteiger partial charge in [0.05, 0.1) is 20.8 Å². The topological polar surface area (TPSA) is 106 Å². The van der Waals surface area contributed by atoms with E-state index in [9.17, 15) is 19.8 Å². The molecule has 4 rings (SSSR count). The third kappa shape index (κ3) is 5.82. The summed E-state index contributed by atoms with van der Waals surface area (Å²) in [6.45, 7) is 0.102. The predicted octanol–water partition coefficient (Wildman–Crippen LogP) is 5.75. The number of methoxy groups -OCH3 is 2. The molecule has 8 nitrogen and oxygen atoms in total. The maximum atomic E-state index is 13.7. The molecular formula is C29H25NO7. The Morgan fingerprint density at radius 3 is 2.11 bits per heavy atom. The molecule has 0 unspecified atom stereocenters. The molecule has 0 aromatic heterocycles. The fourth-order valence-corrected chi connectivity index (χ4v) is 3.75. The zero-order valence-corrected chi connectivity index (χ0v) is 20.3. The molecule has 2 N–H and O–H groups in total. The lowest BCUT2D eigenvalue weighted by molar-refractivity contribution is 0.0693. The fourth-order valence-electron chi connectivity index (χ4n) is 3.75. The second kappa shape index (κ2) is 11.2. The maximum Gasteiger partial charge on any atom is 0.339 e. The third-order valence-electron chi connectivity index (χ3n) is 5.64. The number of amides is 1. The number of hydrogen-bond donors (Lipinski definition) is 2. The maximum absolute atomic E-state index is 13.7. The highest BCUT2D eigenvalue weighted by Gasteiger charge is 2.22. The second-order valence-corrected chi connectivity index (χ2v) is 8.03. The van der Waals surface area contributed by atoms with E-state index in [1.807, 2.05) is 30.3 Å². The van der Waals surface area contributed by atoms with Gasteiger partial charge in [-0.05, 0) is 72.3 Å². The van der Waals surface area contributed by atoms with Crippen molar-refractivity contribution in [1.29, 1.82) is 0 Å². The van der Waals surface area contributed by atoms with Gasteiger partial charge in [0.15, 0.2) is 11.5 Å². The summed E-state index contributed by atoms with van der Waals surface area (Å²) in [5.74, 6) is 0.192. The second-order valence-electron chi connectivity index (χ2n) is 8.03. The van der Waals surface area contributed by atoms with Crippen LogP contribution in [0.25, 0.3) is 0 Å². The Morgan fingerprint density at radius 2 is 1.46 bits per heavy atom. The predicted molar refractivity (Wildman–Crippen MR) is 138 cm³/mol. The summed E-state index contributed by atoms with van der Waals surface area (Å²) in [6, 6.07) is 25.2. The number of aromatic carboxylic acids is 1. The highest BCUT2D eigenvalue weighted by Crippen LogP contribution is 2.31. The van der Waals surface area contributed by atoms with Crippen LogP contribution in [0.1, 0.15) is 26.3 Å². The van der Waals surface area contributed by atoms with Crippen molar-refractivity contribution < 1.29 is 34.0 Å². The third-order valence-corrected chi connectivity index (χ3v) is 5.64. The van der Waals surface area contributed by atoms with Gasteiger partial charge in [-0.3, -0.25) is 4.79 Å². The minimum atomic E-state index is -1.31. The molecule has 0 saturated heterocycles. The largest absolute Gasteiger partial charge is 0.507 e. The van der Waals surface area contributed by atoms with Crippen LogP contribution in [0.2, 0.25) is 0 Å². The van der Waals surface area contributed by atoms with Crippen molar-refractivity contribution in [3.63, 3.8) is 0 Å². The van der Waals surface area contributed by atoms with Crippen LogP contribution >= 0.6 is 0 Å². The van der Waals surface area contributed by atoms with E-state index in [1.165, 1.54) is 37.3 Å². The molecule has 0 spiro atoms. The van der Waals surface area contributed by atoms with Crippen LogP contribution in [0.5, 0.6) is 28.7 Å². The zero-order chi connectivity index (χ0) is 26.4. The molecule has 0 aliphatic carbocycles. The Labute approximate surface area is 213 Å². The first-order valence-electron chi connectivity index (χ1n) is 11.3. The summed E-state index contributed by atoms with van der Waals surface area (Å²) in [6.07, 6.45) is 0. The van der Waals surface area contributed by atoms with Gasteiger partial charge in [-0.2, -0.15) is 0 Å². The number of hydrogen-bond acceptors (Lipinski definition) is 6. The molecule has 4 aromatic carbocycles. The van der Waals surface area contributed by atoms with E-state index in [-0.39, 0.29) is 18.0 Å². The van der Waals surface area contributed by atoms with Crippen molar-refractivity contribution in [2.45, 2.75) is 6.54 Å². The highest BCUT2D eigenvalue weighted by atomic mass is 16.5. The van der Waals surface area contributed by atoms with Crippen LogP contribution in [0.4, 0.5) is 5.69 Å². The number of carbonyl (C=O) groups excluding carboxylic acids is 1. The van der Waals surface area contributed by atoms with Gasteiger partial charge in [-0.1, -0.05) is 24.3 Å². The van der Waals surface area contributed by atoms with Crippen molar-refractivity contribution in [1.82, 2.24) is 0 Å². The normalized spacial score (nSPS) is 10.4. The van der Waals surface area contributed by atoms with E-state index in [0.29, 0.717) is 34.2 Å². The lowest BCUT2D eigenvalue weighted by atomic mass is 10.1. The lowest BCUT2D eigenvalue weighted by Crippen LogP contribution is -2.30. The Morgan fingerprint density at radius 1 is 0.784 bits per heavy atom. The van der Waals surface area contributed by atoms with E-state index in [4.69, 9.17) is 14.2 Å². The Hall–Kier alpha value is -4.98. The number of rotatable bonds is 9. The molecule has 0 saturated carbocycles. The summed E-state index contributed by atoms with van der Waals surface area (Å²) < 4.78 is 16.5. The minimum absolute atomic E-state index is 0.102. The van der Waals surface area contributed by atoms with Gasteiger partial charge in [0.25, 0.3) is 5.91 Å². The van der Waals surface area contributed by atoms with Crippen LogP contribution in [-0.2, 0) is 6.54 Å². The number of para-hydroxylation sites is 1. The average Bonchev–Trinajstić information content (AvgIpc) is 2.92. The van der Waals surface area contributed by atoms with Gasteiger partial charge < -0.3 is 29.3 Å². The molecule has 0 heterocycles. The number of phenols is 1. The molecule has 0 radical (unpaired) electrons. The van der Waals surface area contributed by atoms with Crippen molar-refractivity contribution in [3.8, 4) is 28.7 Å². The first-order chi connectivity index (χ1) is 17.9. The van der Waals surface area contributed by atoms with E-state index in [1.54, 1.807) is 42.5 Å². The van der Waals surface area contributed by atoms with E-state index < -0.39 is 11.7 Å². The van der Waals surface area contributed by atoms with Crippen molar-refractivity contribution in [2.24, 2.45) is 0 Å². The molecule has 0 fully saturated rings. The number of carbonyl (C=O) groups is 2. The van der Waals surface area contributed by atoms with Crippen molar-refractivity contribution in [2.75, 3.05) is 19.1 Å². The first-order valence-corrected chi connectivity index (χ1v) is 11.3. The van der Waals surface area contributed by atoms with Crippen LogP contribution < -0.4 is 19.1 Å². The van der Waals surface area contributed by atoms with Crippen molar-refractivity contribution in [3.05, 3.63) is 108 Å². The molecule has 4 aromatic rings. The summed E-state index contributed by atoms with van der Waals surface area (Å²) in [5, 5.41) is 19.5. The van der Waals surface area contributed by atoms with E-state index in [0.717, 1.165) is 5.56 Å². The molecule has 1 amide bonds. The average molecular weight is 500 g/mol. The number of carboxylic acid groups (broad SMARTS) is 1. The van der Waals surface area contributed by atoms with Gasteiger partial charge in [-0.15, -0.1) is 0 Å². The van der Waals surface area contributed by atoms with Gasteiger partial charge in [0.2, 0.25) is 0 Å². The summed E-state index contributed by atoms with van der Waals surface area (Å²) in [7, 11) is 3.05. The summed E-state index contributed by atoms with van der Waals surface area (Å²) >= 11 is 0.